The molecule has 2 rings (SSSR count). The Morgan fingerprint density at radius 2 is 1.55 bits per heavy atom. The van der Waals surface area contributed by atoms with Crippen LogP contribution in [0.15, 0.2) is 60.7 Å². The van der Waals surface area contributed by atoms with Crippen molar-refractivity contribution in [2.75, 3.05) is 0 Å². The molecule has 3 heteroatoms. The number of hydrogen-bond acceptors (Lipinski definition) is 3. The lowest BCUT2D eigenvalue weighted by Gasteiger charge is -2.13. The number of nitrogens with one attached hydrogen (secondary N) is 1. The molecular formula is C17H19NO2. The lowest BCUT2D eigenvalue weighted by atomic mass is 10.2. The van der Waals surface area contributed by atoms with Crippen molar-refractivity contribution in [1.29, 1.82) is 0 Å². The lowest BCUT2D eigenvalue weighted by molar-refractivity contribution is -0.147. The Morgan fingerprint density at radius 1 is 1.00 bits per heavy atom. The van der Waals surface area contributed by atoms with Crippen molar-refractivity contribution >= 4 is 5.97 Å². The average molecular weight is 269 g/mol. The zero-order chi connectivity index (χ0) is 14.2. The van der Waals surface area contributed by atoms with Crippen molar-refractivity contribution in [2.45, 2.75) is 26.1 Å². The van der Waals surface area contributed by atoms with Gasteiger partial charge in [0.1, 0.15) is 12.6 Å². The predicted molar refractivity (Wildman–Crippen MR) is 79.0 cm³/mol. The topological polar surface area (TPSA) is 38.3 Å². The van der Waals surface area contributed by atoms with Gasteiger partial charge in [-0.05, 0) is 18.1 Å². The van der Waals surface area contributed by atoms with Crippen LogP contribution in [0.4, 0.5) is 0 Å². The number of carbonyl (C=O) groups is 1. The Hall–Kier alpha value is -2.13. The molecule has 1 N–H and O–H groups in total. The number of hydrogen-bond donors (Lipinski definition) is 1. The number of rotatable bonds is 6. The molecule has 0 radical (unpaired) electrons. The van der Waals surface area contributed by atoms with Gasteiger partial charge in [-0.3, -0.25) is 4.79 Å². The van der Waals surface area contributed by atoms with Crippen LogP contribution < -0.4 is 5.32 Å². The summed E-state index contributed by atoms with van der Waals surface area (Å²) in [6.07, 6.45) is 0. The Balaban J connectivity index is 1.75. The summed E-state index contributed by atoms with van der Waals surface area (Å²) < 4.78 is 5.28. The quantitative estimate of drug-likeness (QED) is 0.819. The summed E-state index contributed by atoms with van der Waals surface area (Å²) in [7, 11) is 0. The molecule has 0 saturated heterocycles. The maximum atomic E-state index is 11.9. The van der Waals surface area contributed by atoms with Gasteiger partial charge in [0, 0.05) is 6.54 Å². The molecule has 0 aromatic heterocycles. The van der Waals surface area contributed by atoms with Gasteiger partial charge in [-0.2, -0.15) is 0 Å². The third-order valence-electron chi connectivity index (χ3n) is 3.03. The van der Waals surface area contributed by atoms with Crippen molar-refractivity contribution in [2.24, 2.45) is 0 Å². The molecule has 3 nitrogen and oxygen atoms in total. The largest absolute Gasteiger partial charge is 0.460 e. The number of carbonyl (C=O) groups excluding carboxylic acids is 1. The van der Waals surface area contributed by atoms with Crippen LogP contribution in [0.3, 0.4) is 0 Å². The summed E-state index contributed by atoms with van der Waals surface area (Å²) in [5.74, 6) is -0.232. The van der Waals surface area contributed by atoms with E-state index in [0.29, 0.717) is 13.2 Å². The Labute approximate surface area is 119 Å². The van der Waals surface area contributed by atoms with E-state index in [9.17, 15) is 4.79 Å². The summed E-state index contributed by atoms with van der Waals surface area (Å²) in [6.45, 7) is 2.79. The van der Waals surface area contributed by atoms with Crippen molar-refractivity contribution in [3.8, 4) is 0 Å². The molecule has 1 atom stereocenters. The van der Waals surface area contributed by atoms with Crippen LogP contribution in [-0.4, -0.2) is 12.0 Å². The number of benzene rings is 2. The van der Waals surface area contributed by atoms with Crippen LogP contribution in [0.2, 0.25) is 0 Å². The van der Waals surface area contributed by atoms with E-state index < -0.39 is 0 Å². The molecule has 0 saturated carbocycles. The van der Waals surface area contributed by atoms with Crippen molar-refractivity contribution in [1.82, 2.24) is 5.32 Å². The van der Waals surface area contributed by atoms with E-state index in [1.165, 1.54) is 0 Å². The van der Waals surface area contributed by atoms with E-state index >= 15 is 0 Å². The first-order valence-corrected chi connectivity index (χ1v) is 6.73. The SMILES string of the molecule is C[C@@H](NCc1ccccc1)C(=O)OCc1ccccc1. The molecule has 0 spiro atoms. The van der Waals surface area contributed by atoms with Gasteiger partial charge < -0.3 is 10.1 Å². The van der Waals surface area contributed by atoms with Crippen LogP contribution >= 0.6 is 0 Å². The van der Waals surface area contributed by atoms with Gasteiger partial charge in [0.2, 0.25) is 0 Å². The fourth-order valence-corrected chi connectivity index (χ4v) is 1.80. The monoisotopic (exact) mass is 269 g/mol. The summed E-state index contributed by atoms with van der Waals surface area (Å²) in [5, 5.41) is 3.16. The summed E-state index contributed by atoms with van der Waals surface area (Å²) in [6, 6.07) is 19.3. The van der Waals surface area contributed by atoms with Gasteiger partial charge >= 0.3 is 5.97 Å². The highest BCUT2D eigenvalue weighted by atomic mass is 16.5. The molecule has 104 valence electrons. The van der Waals surface area contributed by atoms with Gasteiger partial charge in [-0.25, -0.2) is 0 Å². The Kier molecular flexibility index (Phi) is 5.33. The second-order valence-corrected chi connectivity index (χ2v) is 4.68. The highest BCUT2D eigenvalue weighted by molar-refractivity contribution is 5.75. The van der Waals surface area contributed by atoms with Crippen molar-refractivity contribution in [3.05, 3.63) is 71.8 Å². The number of esters is 1. The molecule has 2 aromatic rings. The van der Waals surface area contributed by atoms with Gasteiger partial charge in [0.25, 0.3) is 0 Å². The third kappa shape index (κ3) is 4.52. The minimum atomic E-state index is -0.320. The molecule has 0 amide bonds. The predicted octanol–water partition coefficient (Wildman–Crippen LogP) is 2.91. The maximum Gasteiger partial charge on any atom is 0.323 e. The first-order chi connectivity index (χ1) is 9.75. The van der Waals surface area contributed by atoms with E-state index in [-0.39, 0.29) is 12.0 Å². The summed E-state index contributed by atoms with van der Waals surface area (Å²) >= 11 is 0. The van der Waals surface area contributed by atoms with Gasteiger partial charge in [0.15, 0.2) is 0 Å². The second-order valence-electron chi connectivity index (χ2n) is 4.68. The molecule has 0 unspecified atom stereocenters. The van der Waals surface area contributed by atoms with E-state index in [1.807, 2.05) is 67.6 Å². The van der Waals surface area contributed by atoms with Crippen LogP contribution in [0.1, 0.15) is 18.1 Å². The summed E-state index contributed by atoms with van der Waals surface area (Å²) in [4.78, 5) is 11.9. The molecule has 0 aliphatic rings. The van der Waals surface area contributed by atoms with Crippen LogP contribution in [-0.2, 0) is 22.7 Å². The lowest BCUT2D eigenvalue weighted by Crippen LogP contribution is -2.34. The Bertz CT molecular complexity index is 525. The first kappa shape index (κ1) is 14.3. The first-order valence-electron chi connectivity index (χ1n) is 6.73. The minimum absolute atomic E-state index is 0.232. The molecular weight excluding hydrogens is 250 g/mol. The fourth-order valence-electron chi connectivity index (χ4n) is 1.80. The zero-order valence-corrected chi connectivity index (χ0v) is 11.6. The van der Waals surface area contributed by atoms with Gasteiger partial charge in [0.05, 0.1) is 0 Å². The maximum absolute atomic E-state index is 11.9. The normalized spacial score (nSPS) is 11.8. The molecule has 0 aliphatic heterocycles. The molecule has 2 aromatic carbocycles. The van der Waals surface area contributed by atoms with Crippen molar-refractivity contribution < 1.29 is 9.53 Å². The molecule has 20 heavy (non-hydrogen) atoms. The van der Waals surface area contributed by atoms with Crippen LogP contribution in [0.25, 0.3) is 0 Å². The van der Waals surface area contributed by atoms with Crippen molar-refractivity contribution in [3.63, 3.8) is 0 Å². The van der Waals surface area contributed by atoms with E-state index in [1.54, 1.807) is 0 Å². The fraction of sp³-hybridized carbons (Fsp3) is 0.235. The molecule has 0 fully saturated rings. The molecule has 0 bridgehead atoms. The second kappa shape index (κ2) is 7.46. The van der Waals surface area contributed by atoms with Gasteiger partial charge in [-0.15, -0.1) is 0 Å². The van der Waals surface area contributed by atoms with E-state index in [2.05, 4.69) is 5.32 Å². The highest BCUT2D eigenvalue weighted by Crippen LogP contribution is 2.03. The highest BCUT2D eigenvalue weighted by Gasteiger charge is 2.13. The van der Waals surface area contributed by atoms with Crippen LogP contribution in [0.5, 0.6) is 0 Å². The molecule has 0 heterocycles. The average Bonchev–Trinajstić information content (AvgIpc) is 2.52. The van der Waals surface area contributed by atoms with E-state index in [0.717, 1.165) is 11.1 Å². The summed E-state index contributed by atoms with van der Waals surface area (Å²) in [5.41, 5.74) is 2.14. The van der Waals surface area contributed by atoms with E-state index in [4.69, 9.17) is 4.74 Å². The minimum Gasteiger partial charge on any atom is -0.460 e. The van der Waals surface area contributed by atoms with Crippen LogP contribution in [0, 0.1) is 0 Å². The number of ether oxygens (including phenoxy) is 1. The smallest absolute Gasteiger partial charge is 0.323 e. The Morgan fingerprint density at radius 3 is 2.15 bits per heavy atom. The zero-order valence-electron chi connectivity index (χ0n) is 11.6. The third-order valence-corrected chi connectivity index (χ3v) is 3.03. The van der Waals surface area contributed by atoms with Gasteiger partial charge in [-0.1, -0.05) is 60.7 Å². The molecule has 0 aliphatic carbocycles. The standard InChI is InChI=1S/C17H19NO2/c1-14(18-12-15-8-4-2-5-9-15)17(19)20-13-16-10-6-3-7-11-16/h2-11,14,18H,12-13H2,1H3/t14-/m1/s1.